The summed E-state index contributed by atoms with van der Waals surface area (Å²) in [7, 11) is 2.29. The number of benzene rings is 1. The number of nitrogens with zero attached hydrogens (tertiary/aromatic N) is 1. The molecule has 1 fully saturated rings. The van der Waals surface area contributed by atoms with Crippen LogP contribution in [0.1, 0.15) is 55.8 Å². The van der Waals surface area contributed by atoms with E-state index < -0.39 is 0 Å². The van der Waals surface area contributed by atoms with Gasteiger partial charge in [-0.2, -0.15) is 0 Å². The van der Waals surface area contributed by atoms with Gasteiger partial charge in [-0.15, -0.1) is 0 Å². The molecule has 1 aromatic carbocycles. The predicted octanol–water partition coefficient (Wildman–Crippen LogP) is 4.07. The lowest BCUT2D eigenvalue weighted by molar-refractivity contribution is 0.222. The molecule has 2 atom stereocenters. The summed E-state index contributed by atoms with van der Waals surface area (Å²) < 4.78 is 0. The first-order valence-corrected chi connectivity index (χ1v) is 8.53. The molecule has 0 bridgehead atoms. The van der Waals surface area contributed by atoms with E-state index in [1.165, 1.54) is 42.5 Å². The number of hydrogen-bond donors (Lipinski definition) is 1. The Labute approximate surface area is 130 Å². The molecule has 2 unspecified atom stereocenters. The third kappa shape index (κ3) is 4.82. The van der Waals surface area contributed by atoms with Crippen LogP contribution in [-0.4, -0.2) is 31.1 Å². The van der Waals surface area contributed by atoms with Crippen LogP contribution in [0, 0.1) is 19.8 Å². The largest absolute Gasteiger partial charge is 0.310 e. The fourth-order valence-corrected chi connectivity index (χ4v) is 3.32. The summed E-state index contributed by atoms with van der Waals surface area (Å²) >= 11 is 0. The zero-order valence-electron chi connectivity index (χ0n) is 14.4. The van der Waals surface area contributed by atoms with Gasteiger partial charge in [0.05, 0.1) is 0 Å². The molecule has 1 saturated carbocycles. The summed E-state index contributed by atoms with van der Waals surface area (Å²) in [6.07, 6.45) is 4.04. The van der Waals surface area contributed by atoms with Gasteiger partial charge in [0.25, 0.3) is 0 Å². The molecular weight excluding hydrogens is 256 g/mol. The third-order valence-electron chi connectivity index (χ3n) is 4.87. The molecule has 1 aromatic rings. The average Bonchev–Trinajstić information content (AvgIpc) is 3.25. The van der Waals surface area contributed by atoms with E-state index in [1.807, 2.05) is 0 Å². The first kappa shape index (κ1) is 16.5. The van der Waals surface area contributed by atoms with Gasteiger partial charge in [-0.1, -0.05) is 36.2 Å². The van der Waals surface area contributed by atoms with Crippen LogP contribution in [-0.2, 0) is 0 Å². The molecule has 1 aliphatic carbocycles. The van der Waals surface area contributed by atoms with Gasteiger partial charge in [-0.25, -0.2) is 0 Å². The van der Waals surface area contributed by atoms with Crippen LogP contribution in [0.3, 0.4) is 0 Å². The maximum atomic E-state index is 3.67. The molecule has 1 aliphatic rings. The molecule has 0 heterocycles. The number of nitrogens with one attached hydrogen (secondary N) is 1. The molecule has 2 rings (SSSR count). The Kier molecular flexibility index (Phi) is 5.83. The number of rotatable bonds is 8. The van der Waals surface area contributed by atoms with Gasteiger partial charge in [0.2, 0.25) is 0 Å². The Morgan fingerprint density at radius 3 is 2.33 bits per heavy atom. The molecule has 118 valence electrons. The van der Waals surface area contributed by atoms with Crippen molar-refractivity contribution < 1.29 is 0 Å². The molecule has 0 saturated heterocycles. The molecule has 21 heavy (non-hydrogen) atoms. The highest BCUT2D eigenvalue weighted by Gasteiger charge is 2.30. The summed E-state index contributed by atoms with van der Waals surface area (Å²) in [6.45, 7) is 11.2. The van der Waals surface area contributed by atoms with Gasteiger partial charge in [0.15, 0.2) is 0 Å². The Morgan fingerprint density at radius 2 is 1.81 bits per heavy atom. The van der Waals surface area contributed by atoms with Crippen LogP contribution in [0.25, 0.3) is 0 Å². The molecule has 0 aliphatic heterocycles. The minimum atomic E-state index is 0.474. The van der Waals surface area contributed by atoms with Crippen molar-refractivity contribution in [1.29, 1.82) is 0 Å². The second-order valence-corrected chi connectivity index (χ2v) is 6.88. The average molecular weight is 288 g/mol. The lowest BCUT2D eigenvalue weighted by atomic mass is 9.98. The first-order chi connectivity index (χ1) is 10.0. The maximum Gasteiger partial charge on any atom is 0.0332 e. The summed E-state index contributed by atoms with van der Waals surface area (Å²) in [5, 5.41) is 3.67. The molecule has 1 N–H and O–H groups in total. The molecular formula is C19H32N2. The normalized spacial score (nSPS) is 18.0. The predicted molar refractivity (Wildman–Crippen MR) is 91.8 cm³/mol. The van der Waals surface area contributed by atoms with E-state index in [0.717, 1.165) is 18.5 Å². The van der Waals surface area contributed by atoms with E-state index in [2.05, 4.69) is 63.2 Å². The van der Waals surface area contributed by atoms with E-state index in [4.69, 9.17) is 0 Å². The van der Waals surface area contributed by atoms with Crippen molar-refractivity contribution in [1.82, 2.24) is 10.2 Å². The monoisotopic (exact) mass is 288 g/mol. The minimum Gasteiger partial charge on any atom is -0.310 e. The quantitative estimate of drug-likeness (QED) is 0.775. The van der Waals surface area contributed by atoms with Crippen molar-refractivity contribution in [3.8, 4) is 0 Å². The standard InChI is InChI=1S/C19H32N2/c1-6-20-19(18-12-14(2)11-15(3)13-18)9-10-21(5)16(4)17-7-8-17/h11-13,16-17,19-20H,6-10H2,1-5H3. The Morgan fingerprint density at radius 1 is 1.19 bits per heavy atom. The van der Waals surface area contributed by atoms with Gasteiger partial charge >= 0.3 is 0 Å². The van der Waals surface area contributed by atoms with Crippen molar-refractivity contribution in [2.75, 3.05) is 20.1 Å². The van der Waals surface area contributed by atoms with Gasteiger partial charge in [-0.05, 0) is 71.7 Å². The Balaban J connectivity index is 1.97. The van der Waals surface area contributed by atoms with Crippen molar-refractivity contribution >= 4 is 0 Å². The molecule has 2 heteroatoms. The highest BCUT2D eigenvalue weighted by molar-refractivity contribution is 5.30. The van der Waals surface area contributed by atoms with Crippen LogP contribution < -0.4 is 5.32 Å². The zero-order chi connectivity index (χ0) is 15.4. The second kappa shape index (κ2) is 7.42. The summed E-state index contributed by atoms with van der Waals surface area (Å²) in [6, 6.07) is 8.15. The summed E-state index contributed by atoms with van der Waals surface area (Å²) in [5.41, 5.74) is 4.18. The second-order valence-electron chi connectivity index (χ2n) is 6.88. The van der Waals surface area contributed by atoms with Crippen molar-refractivity contribution in [3.63, 3.8) is 0 Å². The topological polar surface area (TPSA) is 15.3 Å². The van der Waals surface area contributed by atoms with E-state index in [9.17, 15) is 0 Å². The van der Waals surface area contributed by atoms with Crippen molar-refractivity contribution in [2.45, 2.75) is 59.0 Å². The van der Waals surface area contributed by atoms with Gasteiger partial charge < -0.3 is 10.2 Å². The van der Waals surface area contributed by atoms with Crippen LogP contribution in [0.4, 0.5) is 0 Å². The van der Waals surface area contributed by atoms with Crippen molar-refractivity contribution in [3.05, 3.63) is 34.9 Å². The molecule has 0 radical (unpaired) electrons. The van der Waals surface area contributed by atoms with Crippen LogP contribution in [0.2, 0.25) is 0 Å². The fraction of sp³-hybridized carbons (Fsp3) is 0.684. The van der Waals surface area contributed by atoms with Gasteiger partial charge in [0.1, 0.15) is 0 Å². The number of hydrogen-bond acceptors (Lipinski definition) is 2. The molecule has 2 nitrogen and oxygen atoms in total. The highest BCUT2D eigenvalue weighted by atomic mass is 15.1. The lowest BCUT2D eigenvalue weighted by Crippen LogP contribution is -2.34. The number of aryl methyl sites for hydroxylation is 2. The third-order valence-corrected chi connectivity index (χ3v) is 4.87. The van der Waals surface area contributed by atoms with Crippen LogP contribution in [0.5, 0.6) is 0 Å². The zero-order valence-corrected chi connectivity index (χ0v) is 14.4. The Hall–Kier alpha value is -0.860. The lowest BCUT2D eigenvalue weighted by Gasteiger charge is -2.27. The van der Waals surface area contributed by atoms with Crippen LogP contribution >= 0.6 is 0 Å². The first-order valence-electron chi connectivity index (χ1n) is 8.53. The summed E-state index contributed by atoms with van der Waals surface area (Å²) in [4.78, 5) is 2.55. The highest BCUT2D eigenvalue weighted by Crippen LogP contribution is 2.35. The maximum absolute atomic E-state index is 3.67. The SMILES string of the molecule is CCNC(CCN(C)C(C)C1CC1)c1cc(C)cc(C)c1. The van der Waals surface area contributed by atoms with E-state index in [0.29, 0.717) is 6.04 Å². The van der Waals surface area contributed by atoms with E-state index in [-0.39, 0.29) is 0 Å². The smallest absolute Gasteiger partial charge is 0.0332 e. The fourth-order valence-electron chi connectivity index (χ4n) is 3.32. The van der Waals surface area contributed by atoms with Gasteiger partial charge in [-0.3, -0.25) is 0 Å². The van der Waals surface area contributed by atoms with Crippen molar-refractivity contribution in [2.24, 2.45) is 5.92 Å². The van der Waals surface area contributed by atoms with E-state index in [1.54, 1.807) is 0 Å². The molecule has 0 aromatic heterocycles. The molecule has 0 amide bonds. The van der Waals surface area contributed by atoms with Crippen LogP contribution in [0.15, 0.2) is 18.2 Å². The summed E-state index contributed by atoms with van der Waals surface area (Å²) in [5.74, 6) is 0.953. The Bertz CT molecular complexity index is 431. The van der Waals surface area contributed by atoms with E-state index >= 15 is 0 Å². The minimum absolute atomic E-state index is 0.474. The molecule has 0 spiro atoms. The van der Waals surface area contributed by atoms with Gasteiger partial charge in [0, 0.05) is 12.1 Å².